The maximum absolute atomic E-state index is 4.34. The van der Waals surface area contributed by atoms with E-state index in [1.807, 2.05) is 18.3 Å². The Morgan fingerprint density at radius 3 is 3.00 bits per heavy atom. The van der Waals surface area contributed by atoms with E-state index in [1.165, 1.54) is 11.1 Å². The van der Waals surface area contributed by atoms with Crippen molar-refractivity contribution in [2.75, 3.05) is 16.9 Å². The highest BCUT2D eigenvalue weighted by Gasteiger charge is 2.22. The van der Waals surface area contributed by atoms with Crippen molar-refractivity contribution in [1.82, 2.24) is 9.97 Å². The Kier molecular flexibility index (Phi) is 1.85. The molecule has 4 rings (SSSR count). The van der Waals surface area contributed by atoms with E-state index in [2.05, 4.69) is 50.6 Å². The number of nitrogens with zero attached hydrogens (tertiary/aromatic N) is 2. The summed E-state index contributed by atoms with van der Waals surface area (Å²) in [5.41, 5.74) is 3.47. The standard InChI is InChI=1S/C14H12N4/c1-2-5-11-10(4-1)13(8-16-11)18-9-17-14-12(18)6-3-7-15-14/h1-8,16H,9H2,(H,15,17). The molecule has 0 radical (unpaired) electrons. The predicted octanol–water partition coefficient (Wildman–Crippen LogP) is 3.08. The zero-order valence-corrected chi connectivity index (χ0v) is 9.72. The zero-order chi connectivity index (χ0) is 11.9. The quantitative estimate of drug-likeness (QED) is 0.682. The second-order valence-electron chi connectivity index (χ2n) is 4.35. The maximum Gasteiger partial charge on any atom is 0.151 e. The summed E-state index contributed by atoms with van der Waals surface area (Å²) in [5, 5.41) is 4.54. The Morgan fingerprint density at radius 1 is 1.06 bits per heavy atom. The average Bonchev–Trinajstić information content (AvgIpc) is 3.01. The molecule has 0 fully saturated rings. The number of rotatable bonds is 1. The van der Waals surface area contributed by atoms with Crippen molar-refractivity contribution in [2.45, 2.75) is 0 Å². The maximum atomic E-state index is 4.34. The number of aromatic nitrogens is 2. The van der Waals surface area contributed by atoms with Crippen LogP contribution in [0.25, 0.3) is 10.9 Å². The van der Waals surface area contributed by atoms with Gasteiger partial charge in [-0.2, -0.15) is 0 Å². The van der Waals surface area contributed by atoms with Crippen LogP contribution in [0.3, 0.4) is 0 Å². The number of pyridine rings is 1. The number of H-pyrrole nitrogens is 1. The Bertz CT molecular complexity index is 716. The van der Waals surface area contributed by atoms with Crippen molar-refractivity contribution in [3.8, 4) is 0 Å². The fourth-order valence-corrected chi connectivity index (χ4v) is 2.48. The van der Waals surface area contributed by atoms with Crippen LogP contribution in [0.5, 0.6) is 0 Å². The average molecular weight is 236 g/mol. The molecule has 0 saturated heterocycles. The Labute approximate surface area is 104 Å². The molecule has 4 heteroatoms. The summed E-state index contributed by atoms with van der Waals surface area (Å²) < 4.78 is 0. The molecule has 0 bridgehead atoms. The van der Waals surface area contributed by atoms with Gasteiger partial charge < -0.3 is 15.2 Å². The molecule has 1 aliphatic heterocycles. The van der Waals surface area contributed by atoms with Gasteiger partial charge in [0.25, 0.3) is 0 Å². The van der Waals surface area contributed by atoms with Crippen LogP contribution in [0, 0.1) is 0 Å². The highest BCUT2D eigenvalue weighted by Crippen LogP contribution is 2.38. The van der Waals surface area contributed by atoms with E-state index >= 15 is 0 Å². The number of hydrogen-bond acceptors (Lipinski definition) is 3. The first-order valence-corrected chi connectivity index (χ1v) is 5.96. The molecule has 0 amide bonds. The molecule has 0 atom stereocenters. The van der Waals surface area contributed by atoms with Crippen molar-refractivity contribution >= 4 is 28.1 Å². The molecule has 0 spiro atoms. The van der Waals surface area contributed by atoms with Gasteiger partial charge in [-0.05, 0) is 18.2 Å². The molecule has 88 valence electrons. The lowest BCUT2D eigenvalue weighted by molar-refractivity contribution is 1.10. The van der Waals surface area contributed by atoms with Crippen molar-refractivity contribution in [3.05, 3.63) is 48.8 Å². The van der Waals surface area contributed by atoms with Crippen molar-refractivity contribution in [3.63, 3.8) is 0 Å². The molecule has 0 unspecified atom stereocenters. The fraction of sp³-hybridized carbons (Fsp3) is 0.0714. The second-order valence-corrected chi connectivity index (χ2v) is 4.35. The van der Waals surface area contributed by atoms with E-state index in [1.54, 1.807) is 0 Å². The minimum Gasteiger partial charge on any atom is -0.359 e. The fourth-order valence-electron chi connectivity index (χ4n) is 2.48. The molecule has 18 heavy (non-hydrogen) atoms. The van der Waals surface area contributed by atoms with Crippen molar-refractivity contribution in [1.29, 1.82) is 0 Å². The summed E-state index contributed by atoms with van der Waals surface area (Å²) in [7, 11) is 0. The Morgan fingerprint density at radius 2 is 2.00 bits per heavy atom. The van der Waals surface area contributed by atoms with E-state index in [0.717, 1.165) is 23.7 Å². The number of fused-ring (bicyclic) bond motifs is 2. The van der Waals surface area contributed by atoms with Crippen LogP contribution in [-0.4, -0.2) is 16.6 Å². The molecule has 3 heterocycles. The molecule has 2 N–H and O–H groups in total. The van der Waals surface area contributed by atoms with Gasteiger partial charge in [0, 0.05) is 23.3 Å². The van der Waals surface area contributed by atoms with E-state index in [9.17, 15) is 0 Å². The third-order valence-corrected chi connectivity index (χ3v) is 3.34. The number of nitrogens with one attached hydrogen (secondary N) is 2. The molecule has 2 aromatic heterocycles. The lowest BCUT2D eigenvalue weighted by atomic mass is 10.2. The van der Waals surface area contributed by atoms with E-state index in [-0.39, 0.29) is 0 Å². The predicted molar refractivity (Wildman–Crippen MR) is 73.2 cm³/mol. The summed E-state index contributed by atoms with van der Waals surface area (Å²) in [5.74, 6) is 0.947. The van der Waals surface area contributed by atoms with Gasteiger partial charge in [-0.25, -0.2) is 4.98 Å². The summed E-state index contributed by atoms with van der Waals surface area (Å²) in [6, 6.07) is 12.4. The number of anilines is 3. The lowest BCUT2D eigenvalue weighted by Gasteiger charge is -2.16. The molecular weight excluding hydrogens is 224 g/mol. The third-order valence-electron chi connectivity index (χ3n) is 3.34. The molecule has 1 aliphatic rings. The van der Waals surface area contributed by atoms with Crippen LogP contribution in [0.2, 0.25) is 0 Å². The van der Waals surface area contributed by atoms with Gasteiger partial charge in [0.2, 0.25) is 0 Å². The van der Waals surface area contributed by atoms with E-state index in [4.69, 9.17) is 0 Å². The first-order chi connectivity index (χ1) is 8.93. The van der Waals surface area contributed by atoms with Gasteiger partial charge >= 0.3 is 0 Å². The molecular formula is C14H12N4. The summed E-state index contributed by atoms with van der Waals surface area (Å²) in [4.78, 5) is 9.88. The largest absolute Gasteiger partial charge is 0.359 e. The van der Waals surface area contributed by atoms with Crippen LogP contribution in [0.15, 0.2) is 48.8 Å². The monoisotopic (exact) mass is 236 g/mol. The smallest absolute Gasteiger partial charge is 0.151 e. The molecule has 3 aromatic rings. The Hall–Kier alpha value is -2.49. The SMILES string of the molecule is c1cnc2c(c1)N(c1c[nH]c3ccccc13)CN2. The van der Waals surface area contributed by atoms with Gasteiger partial charge in [-0.1, -0.05) is 18.2 Å². The van der Waals surface area contributed by atoms with E-state index in [0.29, 0.717) is 0 Å². The Balaban J connectivity index is 1.90. The lowest BCUT2D eigenvalue weighted by Crippen LogP contribution is -2.15. The normalized spacial score (nSPS) is 13.7. The molecule has 4 nitrogen and oxygen atoms in total. The minimum absolute atomic E-state index is 0.758. The number of para-hydroxylation sites is 1. The van der Waals surface area contributed by atoms with Crippen LogP contribution in [-0.2, 0) is 0 Å². The van der Waals surface area contributed by atoms with Gasteiger partial charge in [-0.15, -0.1) is 0 Å². The molecule has 1 aromatic carbocycles. The van der Waals surface area contributed by atoms with Gasteiger partial charge in [-0.3, -0.25) is 0 Å². The summed E-state index contributed by atoms with van der Waals surface area (Å²) in [6.45, 7) is 0.758. The number of aromatic amines is 1. The van der Waals surface area contributed by atoms with Gasteiger partial charge in [0.15, 0.2) is 5.82 Å². The van der Waals surface area contributed by atoms with Crippen LogP contribution in [0.4, 0.5) is 17.2 Å². The van der Waals surface area contributed by atoms with Gasteiger partial charge in [0.05, 0.1) is 18.0 Å². The highest BCUT2D eigenvalue weighted by atomic mass is 15.3. The van der Waals surface area contributed by atoms with E-state index < -0.39 is 0 Å². The summed E-state index contributed by atoms with van der Waals surface area (Å²) in [6.07, 6.45) is 3.86. The topological polar surface area (TPSA) is 44.0 Å². The third kappa shape index (κ3) is 1.23. The van der Waals surface area contributed by atoms with Crippen molar-refractivity contribution in [2.24, 2.45) is 0 Å². The van der Waals surface area contributed by atoms with Crippen LogP contribution >= 0.6 is 0 Å². The first-order valence-electron chi connectivity index (χ1n) is 5.96. The summed E-state index contributed by atoms with van der Waals surface area (Å²) >= 11 is 0. The van der Waals surface area contributed by atoms with Crippen LogP contribution in [0.1, 0.15) is 0 Å². The molecule has 0 aliphatic carbocycles. The first kappa shape index (κ1) is 9.53. The number of benzene rings is 1. The van der Waals surface area contributed by atoms with Gasteiger partial charge in [0.1, 0.15) is 0 Å². The second kappa shape index (κ2) is 3.50. The van der Waals surface area contributed by atoms with Crippen molar-refractivity contribution < 1.29 is 0 Å². The number of hydrogen-bond donors (Lipinski definition) is 2. The molecule has 0 saturated carbocycles. The van der Waals surface area contributed by atoms with Crippen LogP contribution < -0.4 is 10.2 Å². The zero-order valence-electron chi connectivity index (χ0n) is 9.72. The minimum atomic E-state index is 0.758. The highest BCUT2D eigenvalue weighted by molar-refractivity contribution is 5.96.